The number of hydrogen-bond donors (Lipinski definition) is 3. The van der Waals surface area contributed by atoms with Crippen molar-refractivity contribution in [3.8, 4) is 0 Å². The molecule has 0 bridgehead atoms. The number of nitrogens with one attached hydrogen (secondary N) is 1. The molecule has 0 heterocycles. The molecule has 0 fully saturated rings. The van der Waals surface area contributed by atoms with Crippen LogP contribution in [0.5, 0.6) is 0 Å². The van der Waals surface area contributed by atoms with Crippen molar-refractivity contribution in [2.75, 3.05) is 0 Å². The van der Waals surface area contributed by atoms with Crippen LogP contribution in [0.4, 0.5) is 5.69 Å². The molecule has 70 valence electrons. The van der Waals surface area contributed by atoms with E-state index in [1.54, 1.807) is 0 Å². The van der Waals surface area contributed by atoms with Gasteiger partial charge in [-0.25, -0.2) is 10.8 Å². The average Bonchev–Trinajstić information content (AvgIpc) is 2.09. The Labute approximate surface area is 92.6 Å². The quantitative estimate of drug-likeness (QED) is 0.319. The minimum Gasteiger partial charge on any atom is -0.369 e. The van der Waals surface area contributed by atoms with Crippen LogP contribution in [0.3, 0.4) is 0 Å². The van der Waals surface area contributed by atoms with Gasteiger partial charge in [-0.3, -0.25) is 5.43 Å². The van der Waals surface area contributed by atoms with Crippen molar-refractivity contribution < 1.29 is 0 Å². The van der Waals surface area contributed by atoms with E-state index in [2.05, 4.69) is 42.3 Å². The Morgan fingerprint density at radius 3 is 2.62 bits per heavy atom. The zero-order valence-corrected chi connectivity index (χ0v) is 9.76. The summed E-state index contributed by atoms with van der Waals surface area (Å²) < 4.78 is 1.82. The average molecular weight is 308 g/mol. The van der Waals surface area contributed by atoms with E-state index >= 15 is 0 Å². The van der Waals surface area contributed by atoms with Crippen LogP contribution in [-0.2, 0) is 0 Å². The molecule has 0 aliphatic rings. The van der Waals surface area contributed by atoms with Crippen molar-refractivity contribution >= 4 is 43.5 Å². The Kier molecular flexibility index (Phi) is 3.71. The van der Waals surface area contributed by atoms with Gasteiger partial charge in [0.15, 0.2) is 0 Å². The van der Waals surface area contributed by atoms with E-state index in [0.717, 1.165) is 14.6 Å². The maximum absolute atomic E-state index is 5.39. The molecule has 4 nitrogen and oxygen atoms in total. The van der Waals surface area contributed by atoms with Crippen LogP contribution >= 0.6 is 31.9 Å². The summed E-state index contributed by atoms with van der Waals surface area (Å²) in [5.41, 5.74) is 8.36. The molecule has 0 aromatic heterocycles. The van der Waals surface area contributed by atoms with Gasteiger partial charge in [-0.2, -0.15) is 0 Å². The number of halogens is 2. The predicted molar refractivity (Wildman–Crippen MR) is 60.4 cm³/mol. The maximum Gasteiger partial charge on any atom is 0.208 e. The summed E-state index contributed by atoms with van der Waals surface area (Å²) in [5.74, 6) is 5.24. The zero-order valence-electron chi connectivity index (χ0n) is 6.59. The molecule has 1 rings (SSSR count). The third-order valence-corrected chi connectivity index (χ3v) is 2.43. The number of guanidine groups is 1. The fourth-order valence-electron chi connectivity index (χ4n) is 0.734. The molecule has 0 aliphatic heterocycles. The Bertz CT molecular complexity index is 337. The number of rotatable bonds is 1. The fraction of sp³-hybridized carbons (Fsp3) is 0. The van der Waals surface area contributed by atoms with Crippen molar-refractivity contribution in [2.45, 2.75) is 0 Å². The number of nitrogens with two attached hydrogens (primary N) is 2. The molecule has 5 N–H and O–H groups in total. The van der Waals surface area contributed by atoms with E-state index in [9.17, 15) is 0 Å². The lowest BCUT2D eigenvalue weighted by Gasteiger charge is -2.01. The maximum atomic E-state index is 5.39. The lowest BCUT2D eigenvalue weighted by atomic mass is 10.3. The summed E-state index contributed by atoms with van der Waals surface area (Å²) in [6.07, 6.45) is 0. The van der Waals surface area contributed by atoms with E-state index in [0.29, 0.717) is 0 Å². The van der Waals surface area contributed by atoms with E-state index in [1.807, 2.05) is 18.2 Å². The number of benzene rings is 1. The standard InChI is InChI=1S/C7H8Br2N4/c8-4-1-2-6(5(9)3-4)12-7(10)13-11/h1-3H,11H2,(H3,10,12,13). The fourth-order valence-corrected chi connectivity index (χ4v) is 1.87. The number of nitrogens with zero attached hydrogens (tertiary/aromatic N) is 1. The van der Waals surface area contributed by atoms with Crippen LogP contribution in [0.2, 0.25) is 0 Å². The highest BCUT2D eigenvalue weighted by Crippen LogP contribution is 2.28. The van der Waals surface area contributed by atoms with Gasteiger partial charge in [-0.05, 0) is 34.1 Å². The van der Waals surface area contributed by atoms with Gasteiger partial charge in [-0.15, -0.1) is 0 Å². The smallest absolute Gasteiger partial charge is 0.208 e. The Morgan fingerprint density at radius 2 is 2.08 bits per heavy atom. The van der Waals surface area contributed by atoms with Crippen LogP contribution in [0.1, 0.15) is 0 Å². The van der Waals surface area contributed by atoms with E-state index < -0.39 is 0 Å². The molecular weight excluding hydrogens is 300 g/mol. The molecule has 0 atom stereocenters. The largest absolute Gasteiger partial charge is 0.369 e. The molecule has 1 aromatic rings. The van der Waals surface area contributed by atoms with Crippen molar-refractivity contribution in [3.05, 3.63) is 27.1 Å². The second-order valence-electron chi connectivity index (χ2n) is 2.24. The molecule has 0 saturated carbocycles. The summed E-state index contributed by atoms with van der Waals surface area (Å²) in [7, 11) is 0. The van der Waals surface area contributed by atoms with E-state index in [1.165, 1.54) is 0 Å². The highest BCUT2D eigenvalue weighted by molar-refractivity contribution is 9.11. The zero-order chi connectivity index (χ0) is 9.84. The van der Waals surface area contributed by atoms with Crippen molar-refractivity contribution in [3.63, 3.8) is 0 Å². The highest BCUT2D eigenvalue weighted by atomic mass is 79.9. The first kappa shape index (κ1) is 10.5. The van der Waals surface area contributed by atoms with Gasteiger partial charge >= 0.3 is 0 Å². The molecule has 13 heavy (non-hydrogen) atoms. The first-order chi connectivity index (χ1) is 6.13. The van der Waals surface area contributed by atoms with Gasteiger partial charge in [0.2, 0.25) is 5.96 Å². The van der Waals surface area contributed by atoms with Crippen LogP contribution in [0.15, 0.2) is 32.1 Å². The molecule has 6 heteroatoms. The molecule has 1 aromatic carbocycles. The highest BCUT2D eigenvalue weighted by Gasteiger charge is 1.98. The summed E-state index contributed by atoms with van der Waals surface area (Å²) in [4.78, 5) is 4.01. The third kappa shape index (κ3) is 2.98. The minimum absolute atomic E-state index is 0.169. The lowest BCUT2D eigenvalue weighted by molar-refractivity contribution is 1.01. The van der Waals surface area contributed by atoms with Crippen molar-refractivity contribution in [2.24, 2.45) is 16.6 Å². The van der Waals surface area contributed by atoms with Crippen LogP contribution in [-0.4, -0.2) is 5.96 Å². The number of hydrogen-bond acceptors (Lipinski definition) is 2. The lowest BCUT2D eigenvalue weighted by Crippen LogP contribution is -2.36. The van der Waals surface area contributed by atoms with Gasteiger partial charge in [0.05, 0.1) is 5.69 Å². The molecule has 0 unspecified atom stereocenters. The summed E-state index contributed by atoms with van der Waals surface area (Å²) in [5, 5.41) is 0. The van der Waals surface area contributed by atoms with Crippen LogP contribution in [0.25, 0.3) is 0 Å². The Hall–Kier alpha value is -0.590. The van der Waals surface area contributed by atoms with Gasteiger partial charge in [0, 0.05) is 8.95 Å². The first-order valence-corrected chi connectivity index (χ1v) is 4.98. The minimum atomic E-state index is 0.169. The van der Waals surface area contributed by atoms with Crippen LogP contribution in [0, 0.1) is 0 Å². The topological polar surface area (TPSA) is 76.4 Å². The van der Waals surface area contributed by atoms with Crippen molar-refractivity contribution in [1.82, 2.24) is 5.43 Å². The summed E-state index contributed by atoms with van der Waals surface area (Å²) in [6.45, 7) is 0. The monoisotopic (exact) mass is 306 g/mol. The Balaban J connectivity index is 3.03. The SMILES string of the molecule is NNC(N)=Nc1ccc(Br)cc1Br. The van der Waals surface area contributed by atoms with E-state index in [4.69, 9.17) is 11.6 Å². The first-order valence-electron chi connectivity index (χ1n) is 3.39. The molecule has 0 radical (unpaired) electrons. The second-order valence-corrected chi connectivity index (χ2v) is 4.01. The van der Waals surface area contributed by atoms with Crippen LogP contribution < -0.4 is 17.0 Å². The molecule has 0 spiro atoms. The molecule has 0 aliphatic carbocycles. The van der Waals surface area contributed by atoms with Gasteiger partial charge in [0.1, 0.15) is 0 Å². The summed E-state index contributed by atoms with van der Waals surface area (Å²) >= 11 is 6.67. The third-order valence-electron chi connectivity index (χ3n) is 1.30. The van der Waals surface area contributed by atoms with Gasteiger partial charge in [0.25, 0.3) is 0 Å². The Morgan fingerprint density at radius 1 is 1.38 bits per heavy atom. The second kappa shape index (κ2) is 4.59. The molecular formula is C7H8Br2N4. The molecule has 0 amide bonds. The van der Waals surface area contributed by atoms with Gasteiger partial charge in [-0.1, -0.05) is 15.9 Å². The van der Waals surface area contributed by atoms with E-state index in [-0.39, 0.29) is 5.96 Å². The number of aliphatic imine (C=N–C) groups is 1. The van der Waals surface area contributed by atoms with Crippen molar-refractivity contribution in [1.29, 1.82) is 0 Å². The normalized spacial score (nSPS) is 11.5. The summed E-state index contributed by atoms with van der Waals surface area (Å²) in [6, 6.07) is 5.56. The predicted octanol–water partition coefficient (Wildman–Crippen LogP) is 1.62. The van der Waals surface area contributed by atoms with Gasteiger partial charge < -0.3 is 5.73 Å². The number of hydrazine groups is 1. The molecule has 0 saturated heterocycles.